The highest BCUT2D eigenvalue weighted by Crippen LogP contribution is 2.44. The minimum absolute atomic E-state index is 0. The maximum Gasteiger partial charge on any atom is 0.230 e. The van der Waals surface area contributed by atoms with E-state index in [2.05, 4.69) is 22.5 Å². The van der Waals surface area contributed by atoms with Crippen molar-refractivity contribution in [1.82, 2.24) is 15.5 Å². The number of hydrogen-bond acceptors (Lipinski definition) is 2. The van der Waals surface area contributed by atoms with Crippen LogP contribution in [-0.2, 0) is 4.79 Å². The SMILES string of the molecule is CN=C(NCC1(C)CC1)NCC1(C(=O)N(C)C)CCCC1.I. The second-order valence-corrected chi connectivity index (χ2v) is 7.28. The van der Waals surface area contributed by atoms with E-state index in [-0.39, 0.29) is 35.3 Å². The number of carbonyl (C=O) groups is 1. The average molecular weight is 422 g/mol. The van der Waals surface area contributed by atoms with Crippen LogP contribution in [0.2, 0.25) is 0 Å². The molecule has 2 N–H and O–H groups in total. The van der Waals surface area contributed by atoms with E-state index in [1.165, 1.54) is 12.8 Å². The maximum absolute atomic E-state index is 12.5. The third-order valence-electron chi connectivity index (χ3n) is 5.02. The van der Waals surface area contributed by atoms with Gasteiger partial charge in [0, 0.05) is 34.2 Å². The quantitative estimate of drug-likeness (QED) is 0.406. The van der Waals surface area contributed by atoms with Gasteiger partial charge in [-0.05, 0) is 31.1 Å². The lowest BCUT2D eigenvalue weighted by atomic mass is 9.84. The molecule has 0 aromatic carbocycles. The van der Waals surface area contributed by atoms with Crippen LogP contribution < -0.4 is 10.6 Å². The molecule has 2 saturated carbocycles. The Hall–Kier alpha value is -0.530. The molecule has 0 atom stereocenters. The summed E-state index contributed by atoms with van der Waals surface area (Å²) in [6.07, 6.45) is 6.83. The summed E-state index contributed by atoms with van der Waals surface area (Å²) in [5, 5.41) is 6.77. The van der Waals surface area contributed by atoms with Gasteiger partial charge < -0.3 is 15.5 Å². The Morgan fingerprint density at radius 1 is 1.09 bits per heavy atom. The molecule has 2 fully saturated rings. The van der Waals surface area contributed by atoms with Gasteiger partial charge in [0.15, 0.2) is 5.96 Å². The average Bonchev–Trinajstić information content (AvgIpc) is 3.01. The molecule has 0 aromatic rings. The smallest absolute Gasteiger partial charge is 0.230 e. The number of amides is 1. The molecule has 0 aromatic heterocycles. The zero-order valence-corrected chi connectivity index (χ0v) is 16.7. The van der Waals surface area contributed by atoms with E-state index >= 15 is 0 Å². The zero-order chi connectivity index (χ0) is 15.5. The predicted molar refractivity (Wildman–Crippen MR) is 102 cm³/mol. The third kappa shape index (κ3) is 4.73. The van der Waals surface area contributed by atoms with E-state index < -0.39 is 0 Å². The fourth-order valence-electron chi connectivity index (χ4n) is 3.15. The minimum Gasteiger partial charge on any atom is -0.356 e. The lowest BCUT2D eigenvalue weighted by Crippen LogP contribution is -2.49. The van der Waals surface area contributed by atoms with E-state index in [1.807, 2.05) is 14.1 Å². The molecule has 0 heterocycles. The van der Waals surface area contributed by atoms with Gasteiger partial charge in [-0.2, -0.15) is 0 Å². The molecule has 0 aliphatic heterocycles. The summed E-state index contributed by atoms with van der Waals surface area (Å²) in [7, 11) is 5.49. The molecule has 0 unspecified atom stereocenters. The minimum atomic E-state index is -0.245. The summed E-state index contributed by atoms with van der Waals surface area (Å²) < 4.78 is 0. The molecule has 128 valence electrons. The van der Waals surface area contributed by atoms with Crippen molar-refractivity contribution in [3.8, 4) is 0 Å². The number of guanidine groups is 1. The molecule has 5 nitrogen and oxygen atoms in total. The van der Waals surface area contributed by atoms with Crippen molar-refractivity contribution in [1.29, 1.82) is 0 Å². The van der Waals surface area contributed by atoms with E-state index in [0.717, 1.165) is 38.2 Å². The first-order valence-corrected chi connectivity index (χ1v) is 8.07. The number of nitrogens with zero attached hydrogens (tertiary/aromatic N) is 2. The van der Waals surface area contributed by atoms with Gasteiger partial charge in [-0.25, -0.2) is 0 Å². The van der Waals surface area contributed by atoms with Crippen LogP contribution >= 0.6 is 24.0 Å². The van der Waals surface area contributed by atoms with Crippen molar-refractivity contribution in [3.05, 3.63) is 0 Å². The van der Waals surface area contributed by atoms with Gasteiger partial charge in [0.1, 0.15) is 0 Å². The van der Waals surface area contributed by atoms with Crippen molar-refractivity contribution in [2.75, 3.05) is 34.2 Å². The first kappa shape index (κ1) is 19.5. The van der Waals surface area contributed by atoms with E-state index in [9.17, 15) is 4.79 Å². The highest BCUT2D eigenvalue weighted by Gasteiger charge is 2.42. The molecule has 1 amide bonds. The molecule has 0 bridgehead atoms. The molecule has 2 aliphatic carbocycles. The molecule has 2 aliphatic rings. The van der Waals surface area contributed by atoms with Gasteiger partial charge in [-0.1, -0.05) is 19.8 Å². The van der Waals surface area contributed by atoms with Crippen LogP contribution in [0.25, 0.3) is 0 Å². The van der Waals surface area contributed by atoms with Crippen LogP contribution in [0, 0.1) is 10.8 Å². The predicted octanol–water partition coefficient (Wildman–Crippen LogP) is 2.22. The summed E-state index contributed by atoms with van der Waals surface area (Å²) >= 11 is 0. The summed E-state index contributed by atoms with van der Waals surface area (Å²) in [5.74, 6) is 1.07. The molecular weight excluding hydrogens is 391 g/mol. The van der Waals surface area contributed by atoms with Gasteiger partial charge in [0.25, 0.3) is 0 Å². The highest BCUT2D eigenvalue weighted by molar-refractivity contribution is 14.0. The summed E-state index contributed by atoms with van der Waals surface area (Å²) in [5.41, 5.74) is 0.201. The molecule has 0 radical (unpaired) electrons. The largest absolute Gasteiger partial charge is 0.356 e. The molecule has 6 heteroatoms. The molecule has 2 rings (SSSR count). The van der Waals surface area contributed by atoms with Gasteiger partial charge in [-0.3, -0.25) is 9.79 Å². The Balaban J connectivity index is 0.00000242. The number of halogens is 1. The van der Waals surface area contributed by atoms with E-state index in [0.29, 0.717) is 12.0 Å². The van der Waals surface area contributed by atoms with E-state index in [4.69, 9.17) is 0 Å². The Bertz CT molecular complexity index is 412. The van der Waals surface area contributed by atoms with Crippen molar-refractivity contribution < 1.29 is 4.79 Å². The second-order valence-electron chi connectivity index (χ2n) is 7.28. The first-order chi connectivity index (χ1) is 9.91. The van der Waals surface area contributed by atoms with Crippen LogP contribution in [0.3, 0.4) is 0 Å². The number of aliphatic imine (C=N–C) groups is 1. The van der Waals surface area contributed by atoms with Crippen molar-refractivity contribution in [3.63, 3.8) is 0 Å². The third-order valence-corrected chi connectivity index (χ3v) is 5.02. The maximum atomic E-state index is 12.5. The molecule has 22 heavy (non-hydrogen) atoms. The number of carbonyl (C=O) groups excluding carboxylic acids is 1. The van der Waals surface area contributed by atoms with Gasteiger partial charge in [0.05, 0.1) is 5.41 Å². The lowest BCUT2D eigenvalue weighted by molar-refractivity contribution is -0.138. The second kappa shape index (κ2) is 7.84. The number of rotatable bonds is 5. The number of nitrogens with one attached hydrogen (secondary N) is 2. The van der Waals surface area contributed by atoms with Crippen molar-refractivity contribution in [2.24, 2.45) is 15.8 Å². The highest BCUT2D eigenvalue weighted by atomic mass is 127. The Labute approximate surface area is 151 Å². The summed E-state index contributed by atoms with van der Waals surface area (Å²) in [4.78, 5) is 18.5. The van der Waals surface area contributed by atoms with Crippen LogP contribution in [0.15, 0.2) is 4.99 Å². The van der Waals surface area contributed by atoms with Gasteiger partial charge in [0.2, 0.25) is 5.91 Å². The Kier molecular flexibility index (Phi) is 6.95. The van der Waals surface area contributed by atoms with Crippen LogP contribution in [0.5, 0.6) is 0 Å². The van der Waals surface area contributed by atoms with Crippen LogP contribution in [0.4, 0.5) is 0 Å². The zero-order valence-electron chi connectivity index (χ0n) is 14.4. The van der Waals surface area contributed by atoms with Gasteiger partial charge in [-0.15, -0.1) is 24.0 Å². The fraction of sp³-hybridized carbons (Fsp3) is 0.875. The lowest BCUT2D eigenvalue weighted by Gasteiger charge is -2.31. The Morgan fingerprint density at radius 3 is 2.09 bits per heavy atom. The normalized spacial score (nSPS) is 21.7. The van der Waals surface area contributed by atoms with E-state index in [1.54, 1.807) is 11.9 Å². The molecular formula is C16H31IN4O. The van der Waals surface area contributed by atoms with Crippen molar-refractivity contribution >= 4 is 35.8 Å². The van der Waals surface area contributed by atoms with Crippen LogP contribution in [-0.4, -0.2) is 51.0 Å². The molecule has 0 spiro atoms. The number of hydrogen-bond donors (Lipinski definition) is 2. The summed E-state index contributed by atoms with van der Waals surface area (Å²) in [6.45, 7) is 3.93. The Morgan fingerprint density at radius 2 is 1.64 bits per heavy atom. The van der Waals surface area contributed by atoms with Crippen molar-refractivity contribution in [2.45, 2.75) is 45.4 Å². The topological polar surface area (TPSA) is 56.7 Å². The molecule has 0 saturated heterocycles. The summed E-state index contributed by atoms with van der Waals surface area (Å²) in [6, 6.07) is 0. The monoisotopic (exact) mass is 422 g/mol. The standard InChI is InChI=1S/C16H30N4O.HI/c1-15(9-10-15)11-18-14(17-2)19-12-16(7-5-6-8-16)13(21)20(3)4;/h5-12H2,1-4H3,(H2,17,18,19);1H. The fourth-order valence-corrected chi connectivity index (χ4v) is 3.15. The van der Waals surface area contributed by atoms with Crippen LogP contribution in [0.1, 0.15) is 45.4 Å². The first-order valence-electron chi connectivity index (χ1n) is 8.07. The van der Waals surface area contributed by atoms with Gasteiger partial charge >= 0.3 is 0 Å².